The minimum atomic E-state index is -0.613. The molecule has 1 saturated heterocycles. The molecular weight excluding hydrogens is 302 g/mol. The Bertz CT molecular complexity index is 741. The monoisotopic (exact) mass is 323 g/mol. The molecule has 1 aliphatic carbocycles. The second kappa shape index (κ2) is 6.00. The summed E-state index contributed by atoms with van der Waals surface area (Å²) in [5.74, 6) is -0.201. The number of piperidine rings is 1. The number of carbonyl (C=O) groups excluding carboxylic acids is 1. The zero-order valence-corrected chi connectivity index (χ0v) is 13.4. The van der Waals surface area contributed by atoms with Crippen LogP contribution in [-0.4, -0.2) is 35.2 Å². The molecule has 1 aliphatic heterocycles. The van der Waals surface area contributed by atoms with Crippen LogP contribution in [0.1, 0.15) is 40.4 Å². The second-order valence-corrected chi connectivity index (χ2v) is 6.63. The van der Waals surface area contributed by atoms with E-state index in [2.05, 4.69) is 21.7 Å². The molecular formula is C19H21N3O2. The smallest absolute Gasteiger partial charge is 0.253 e. The first kappa shape index (κ1) is 15.3. The number of aliphatic hydroxyl groups is 1. The van der Waals surface area contributed by atoms with Crippen molar-refractivity contribution in [1.82, 2.24) is 15.6 Å². The van der Waals surface area contributed by atoms with Crippen LogP contribution >= 0.6 is 0 Å². The Labute approximate surface area is 141 Å². The van der Waals surface area contributed by atoms with Gasteiger partial charge >= 0.3 is 0 Å². The van der Waals surface area contributed by atoms with Crippen molar-refractivity contribution in [1.29, 1.82) is 0 Å². The molecule has 1 aromatic carbocycles. The fourth-order valence-corrected chi connectivity index (χ4v) is 4.19. The molecule has 1 amide bonds. The van der Waals surface area contributed by atoms with Crippen molar-refractivity contribution in [3.05, 3.63) is 65.5 Å². The summed E-state index contributed by atoms with van der Waals surface area (Å²) >= 11 is 0. The predicted molar refractivity (Wildman–Crippen MR) is 90.7 cm³/mol. The van der Waals surface area contributed by atoms with Crippen LogP contribution in [-0.2, 0) is 5.41 Å². The Hall–Kier alpha value is -2.24. The van der Waals surface area contributed by atoms with Crippen LogP contribution in [0.25, 0.3) is 0 Å². The summed E-state index contributed by atoms with van der Waals surface area (Å²) in [5, 5.41) is 17.5. The molecule has 5 nitrogen and oxygen atoms in total. The first-order valence-corrected chi connectivity index (χ1v) is 8.41. The van der Waals surface area contributed by atoms with E-state index in [1.54, 1.807) is 24.5 Å². The SMILES string of the molecule is O=C(N[C@@H]1c2ccccc2C2(CCNCC2)[C@H]1O)c1cccnc1. The van der Waals surface area contributed by atoms with Crippen LogP contribution < -0.4 is 10.6 Å². The molecule has 1 fully saturated rings. The number of nitrogens with one attached hydrogen (secondary N) is 2. The number of hydrogen-bond donors (Lipinski definition) is 3. The van der Waals surface area contributed by atoms with E-state index in [1.807, 2.05) is 18.2 Å². The van der Waals surface area contributed by atoms with Crippen molar-refractivity contribution in [3.8, 4) is 0 Å². The van der Waals surface area contributed by atoms with E-state index < -0.39 is 6.10 Å². The van der Waals surface area contributed by atoms with Crippen molar-refractivity contribution >= 4 is 5.91 Å². The van der Waals surface area contributed by atoms with E-state index >= 15 is 0 Å². The largest absolute Gasteiger partial charge is 0.390 e. The van der Waals surface area contributed by atoms with Gasteiger partial charge in [-0.1, -0.05) is 24.3 Å². The maximum atomic E-state index is 12.6. The number of carbonyl (C=O) groups is 1. The first-order valence-electron chi connectivity index (χ1n) is 8.41. The summed E-state index contributed by atoms with van der Waals surface area (Å²) < 4.78 is 0. The Morgan fingerprint density at radius 2 is 2.00 bits per heavy atom. The summed E-state index contributed by atoms with van der Waals surface area (Å²) in [7, 11) is 0. The van der Waals surface area contributed by atoms with Crippen LogP contribution in [0.4, 0.5) is 0 Å². The van der Waals surface area contributed by atoms with Gasteiger partial charge in [-0.3, -0.25) is 9.78 Å². The number of aromatic nitrogens is 1. The Morgan fingerprint density at radius 3 is 2.75 bits per heavy atom. The molecule has 3 N–H and O–H groups in total. The molecule has 0 saturated carbocycles. The van der Waals surface area contributed by atoms with E-state index in [0.29, 0.717) is 5.56 Å². The lowest BCUT2D eigenvalue weighted by Gasteiger charge is -2.38. The molecule has 1 spiro atoms. The lowest BCUT2D eigenvalue weighted by atomic mass is 9.72. The Morgan fingerprint density at radius 1 is 1.21 bits per heavy atom. The number of amides is 1. The van der Waals surface area contributed by atoms with Gasteiger partial charge in [-0.05, 0) is 49.2 Å². The topological polar surface area (TPSA) is 74.2 Å². The van der Waals surface area contributed by atoms with Gasteiger partial charge in [-0.2, -0.15) is 0 Å². The highest BCUT2D eigenvalue weighted by atomic mass is 16.3. The van der Waals surface area contributed by atoms with Gasteiger partial charge in [-0.15, -0.1) is 0 Å². The number of rotatable bonds is 2. The minimum absolute atomic E-state index is 0.201. The van der Waals surface area contributed by atoms with Crippen LogP contribution in [0.5, 0.6) is 0 Å². The average Bonchev–Trinajstić information content (AvgIpc) is 2.86. The molecule has 1 aromatic heterocycles. The lowest BCUT2D eigenvalue weighted by molar-refractivity contribution is 0.0418. The molecule has 0 unspecified atom stereocenters. The third-order valence-corrected chi connectivity index (χ3v) is 5.42. The maximum absolute atomic E-state index is 12.6. The zero-order chi connectivity index (χ0) is 16.6. The predicted octanol–water partition coefficient (Wildman–Crippen LogP) is 1.55. The Kier molecular flexibility index (Phi) is 3.82. The number of aliphatic hydroxyl groups excluding tert-OH is 1. The number of pyridine rings is 1. The van der Waals surface area contributed by atoms with E-state index in [-0.39, 0.29) is 17.4 Å². The Balaban J connectivity index is 1.68. The number of nitrogens with zero attached hydrogens (tertiary/aromatic N) is 1. The van der Waals surface area contributed by atoms with Crippen LogP contribution in [0, 0.1) is 0 Å². The molecule has 5 heteroatoms. The number of benzene rings is 1. The first-order chi connectivity index (χ1) is 11.7. The van der Waals surface area contributed by atoms with E-state index in [1.165, 1.54) is 5.56 Å². The number of hydrogen-bond acceptors (Lipinski definition) is 4. The normalized spacial score (nSPS) is 24.5. The van der Waals surface area contributed by atoms with Gasteiger partial charge in [0.25, 0.3) is 5.91 Å². The summed E-state index contributed by atoms with van der Waals surface area (Å²) in [6.45, 7) is 1.77. The molecule has 24 heavy (non-hydrogen) atoms. The molecule has 124 valence electrons. The molecule has 0 radical (unpaired) electrons. The van der Waals surface area contributed by atoms with E-state index in [0.717, 1.165) is 31.5 Å². The summed E-state index contributed by atoms with van der Waals surface area (Å²) in [6.07, 6.45) is 4.33. The van der Waals surface area contributed by atoms with Crippen LogP contribution in [0.15, 0.2) is 48.8 Å². The fraction of sp³-hybridized carbons (Fsp3) is 0.368. The molecule has 2 aliphatic rings. The highest BCUT2D eigenvalue weighted by Crippen LogP contribution is 2.50. The number of fused-ring (bicyclic) bond motifs is 2. The molecule has 4 rings (SSSR count). The standard InChI is InChI=1S/C19H21N3O2/c23-17-16(22-18(24)13-4-3-9-21-12-13)14-5-1-2-6-15(14)19(17)7-10-20-11-8-19/h1-6,9,12,16-17,20,23H,7-8,10-11H2,(H,22,24)/t16-,17+/m1/s1. The summed E-state index contributed by atoms with van der Waals surface area (Å²) in [6, 6.07) is 11.2. The van der Waals surface area contributed by atoms with Gasteiger partial charge in [0.05, 0.1) is 17.7 Å². The van der Waals surface area contributed by atoms with Crippen molar-refractivity contribution in [3.63, 3.8) is 0 Å². The molecule has 2 atom stereocenters. The van der Waals surface area contributed by atoms with Gasteiger partial charge < -0.3 is 15.7 Å². The van der Waals surface area contributed by atoms with Crippen molar-refractivity contribution in [2.45, 2.75) is 30.4 Å². The van der Waals surface area contributed by atoms with Crippen LogP contribution in [0.2, 0.25) is 0 Å². The highest BCUT2D eigenvalue weighted by Gasteiger charge is 2.52. The lowest BCUT2D eigenvalue weighted by Crippen LogP contribution is -2.48. The quantitative estimate of drug-likeness (QED) is 0.784. The maximum Gasteiger partial charge on any atom is 0.253 e. The van der Waals surface area contributed by atoms with Crippen molar-refractivity contribution in [2.75, 3.05) is 13.1 Å². The molecule has 0 bridgehead atoms. The summed E-state index contributed by atoms with van der Waals surface area (Å²) in [4.78, 5) is 16.5. The van der Waals surface area contributed by atoms with Gasteiger partial charge in [0, 0.05) is 17.8 Å². The third kappa shape index (κ3) is 2.32. The van der Waals surface area contributed by atoms with Crippen LogP contribution in [0.3, 0.4) is 0 Å². The average molecular weight is 323 g/mol. The minimum Gasteiger partial charge on any atom is -0.390 e. The van der Waals surface area contributed by atoms with E-state index in [4.69, 9.17) is 0 Å². The van der Waals surface area contributed by atoms with Crippen molar-refractivity contribution in [2.24, 2.45) is 0 Å². The van der Waals surface area contributed by atoms with Gasteiger partial charge in [0.15, 0.2) is 0 Å². The summed E-state index contributed by atoms with van der Waals surface area (Å²) in [5.41, 5.74) is 2.45. The highest BCUT2D eigenvalue weighted by molar-refractivity contribution is 5.94. The molecule has 2 heterocycles. The van der Waals surface area contributed by atoms with Crippen molar-refractivity contribution < 1.29 is 9.90 Å². The fourth-order valence-electron chi connectivity index (χ4n) is 4.19. The third-order valence-electron chi connectivity index (χ3n) is 5.42. The molecule has 2 aromatic rings. The zero-order valence-electron chi connectivity index (χ0n) is 13.4. The van der Waals surface area contributed by atoms with Gasteiger partial charge in [-0.25, -0.2) is 0 Å². The van der Waals surface area contributed by atoms with Gasteiger partial charge in [0.2, 0.25) is 0 Å². The second-order valence-electron chi connectivity index (χ2n) is 6.63. The van der Waals surface area contributed by atoms with E-state index in [9.17, 15) is 9.90 Å². The van der Waals surface area contributed by atoms with Gasteiger partial charge in [0.1, 0.15) is 0 Å².